The van der Waals surface area contributed by atoms with Crippen LogP contribution in [0.3, 0.4) is 0 Å². The molecule has 1 saturated heterocycles. The lowest BCUT2D eigenvalue weighted by Gasteiger charge is -2.32. The number of nitrogens with zero attached hydrogens (tertiary/aromatic N) is 5. The zero-order valence-corrected chi connectivity index (χ0v) is 13.5. The van der Waals surface area contributed by atoms with Crippen molar-refractivity contribution in [3.63, 3.8) is 0 Å². The maximum atomic E-state index is 4.57. The smallest absolute Gasteiger partial charge is 0.150 e. The molecule has 0 amide bonds. The van der Waals surface area contributed by atoms with Crippen LogP contribution in [-0.2, 0) is 6.54 Å². The average Bonchev–Trinajstić information content (AvgIpc) is 3.23. The van der Waals surface area contributed by atoms with Crippen LogP contribution in [0.4, 0.5) is 5.82 Å². The minimum Gasteiger partial charge on any atom is -0.355 e. The number of rotatable bonds is 3. The summed E-state index contributed by atoms with van der Waals surface area (Å²) in [5.74, 6) is 2.90. The van der Waals surface area contributed by atoms with E-state index >= 15 is 0 Å². The molecule has 6 heteroatoms. The molecule has 0 bridgehead atoms. The first kappa shape index (κ1) is 13.7. The summed E-state index contributed by atoms with van der Waals surface area (Å²) in [7, 11) is 0. The number of piperidine rings is 1. The fraction of sp³-hybridized carbons (Fsp3) is 0.438. The van der Waals surface area contributed by atoms with E-state index in [0.717, 1.165) is 43.8 Å². The van der Waals surface area contributed by atoms with Crippen molar-refractivity contribution in [2.24, 2.45) is 0 Å². The Bertz CT molecular complexity index is 770. The molecule has 1 aliphatic heterocycles. The van der Waals surface area contributed by atoms with E-state index in [4.69, 9.17) is 0 Å². The van der Waals surface area contributed by atoms with Crippen molar-refractivity contribution >= 4 is 27.4 Å². The van der Waals surface area contributed by atoms with Crippen LogP contribution in [0.2, 0.25) is 0 Å². The Kier molecular flexibility index (Phi) is 3.54. The maximum Gasteiger partial charge on any atom is 0.150 e. The molecule has 0 spiro atoms. The van der Waals surface area contributed by atoms with Crippen LogP contribution in [0, 0.1) is 0 Å². The largest absolute Gasteiger partial charge is 0.355 e. The van der Waals surface area contributed by atoms with Crippen molar-refractivity contribution in [1.82, 2.24) is 19.5 Å². The van der Waals surface area contributed by atoms with Crippen LogP contribution in [0.25, 0.3) is 10.2 Å². The van der Waals surface area contributed by atoms with Gasteiger partial charge in [-0.15, -0.1) is 11.3 Å². The van der Waals surface area contributed by atoms with Crippen LogP contribution in [0.1, 0.15) is 31.5 Å². The van der Waals surface area contributed by atoms with Gasteiger partial charge in [0.05, 0.1) is 10.2 Å². The van der Waals surface area contributed by atoms with Gasteiger partial charge in [0.1, 0.15) is 18.0 Å². The van der Waals surface area contributed by atoms with Crippen molar-refractivity contribution in [3.8, 4) is 0 Å². The number of imidazole rings is 1. The lowest BCUT2D eigenvalue weighted by atomic mass is 9.96. The van der Waals surface area contributed by atoms with Crippen molar-refractivity contribution in [2.75, 3.05) is 18.0 Å². The van der Waals surface area contributed by atoms with Crippen molar-refractivity contribution < 1.29 is 0 Å². The highest BCUT2D eigenvalue weighted by Crippen LogP contribution is 2.33. The van der Waals surface area contributed by atoms with Crippen LogP contribution in [-0.4, -0.2) is 32.6 Å². The molecule has 114 valence electrons. The summed E-state index contributed by atoms with van der Waals surface area (Å²) in [6, 6.07) is 2.07. The van der Waals surface area contributed by atoms with E-state index in [1.807, 2.05) is 6.20 Å². The van der Waals surface area contributed by atoms with Gasteiger partial charge in [-0.1, -0.05) is 0 Å². The zero-order chi connectivity index (χ0) is 14.9. The number of hydrogen-bond donors (Lipinski definition) is 0. The van der Waals surface area contributed by atoms with E-state index in [-0.39, 0.29) is 0 Å². The second-order valence-corrected chi connectivity index (χ2v) is 6.58. The van der Waals surface area contributed by atoms with E-state index in [1.165, 1.54) is 10.5 Å². The minimum absolute atomic E-state index is 0.562. The predicted octanol–water partition coefficient (Wildman–Crippen LogP) is 3.29. The molecule has 3 aromatic heterocycles. The molecule has 4 rings (SSSR count). The lowest BCUT2D eigenvalue weighted by molar-refractivity contribution is 0.467. The summed E-state index contributed by atoms with van der Waals surface area (Å²) in [4.78, 5) is 15.8. The minimum atomic E-state index is 0.562. The number of fused-ring (bicyclic) bond motifs is 1. The van der Waals surface area contributed by atoms with E-state index in [0.29, 0.717) is 5.92 Å². The van der Waals surface area contributed by atoms with Crippen LogP contribution in [0.15, 0.2) is 30.2 Å². The van der Waals surface area contributed by atoms with E-state index < -0.39 is 0 Å². The molecule has 22 heavy (non-hydrogen) atoms. The monoisotopic (exact) mass is 313 g/mol. The van der Waals surface area contributed by atoms with Gasteiger partial charge in [-0.3, -0.25) is 0 Å². The van der Waals surface area contributed by atoms with Gasteiger partial charge in [-0.05, 0) is 31.2 Å². The molecule has 1 fully saturated rings. The number of thiophene rings is 1. The highest BCUT2D eigenvalue weighted by molar-refractivity contribution is 7.17. The van der Waals surface area contributed by atoms with Gasteiger partial charge in [0.2, 0.25) is 0 Å². The highest BCUT2D eigenvalue weighted by Gasteiger charge is 2.25. The normalized spacial score (nSPS) is 16.5. The standard InChI is InChI=1S/C16H19N5S/c1-2-20-9-6-17-15(20)12-3-7-21(8-4-12)16-14-13(5-10-22-14)18-11-19-16/h5-6,9-12H,2-4,7-8H2,1H3. The Labute approximate surface area is 133 Å². The molecule has 0 aliphatic carbocycles. The summed E-state index contributed by atoms with van der Waals surface area (Å²) >= 11 is 1.73. The number of aromatic nitrogens is 4. The van der Waals surface area contributed by atoms with E-state index in [9.17, 15) is 0 Å². The van der Waals surface area contributed by atoms with Gasteiger partial charge in [-0.25, -0.2) is 15.0 Å². The number of anilines is 1. The first-order chi connectivity index (χ1) is 10.9. The molecule has 5 nitrogen and oxygen atoms in total. The van der Waals surface area contributed by atoms with Crippen molar-refractivity contribution in [1.29, 1.82) is 0 Å². The SMILES string of the molecule is CCn1ccnc1C1CCN(c2ncnc3ccsc23)CC1. The Morgan fingerprint density at radius 3 is 2.91 bits per heavy atom. The van der Waals surface area contributed by atoms with E-state index in [1.54, 1.807) is 17.7 Å². The Hall–Kier alpha value is -1.95. The second kappa shape index (κ2) is 5.68. The molecule has 3 aromatic rings. The molecule has 1 aliphatic rings. The fourth-order valence-electron chi connectivity index (χ4n) is 3.30. The highest BCUT2D eigenvalue weighted by atomic mass is 32.1. The zero-order valence-electron chi connectivity index (χ0n) is 12.6. The average molecular weight is 313 g/mol. The van der Waals surface area contributed by atoms with Gasteiger partial charge in [0.15, 0.2) is 0 Å². The molecule has 0 unspecified atom stereocenters. The maximum absolute atomic E-state index is 4.57. The summed E-state index contributed by atoms with van der Waals surface area (Å²) in [5, 5.41) is 2.09. The second-order valence-electron chi connectivity index (χ2n) is 5.67. The van der Waals surface area contributed by atoms with Gasteiger partial charge in [0.25, 0.3) is 0 Å². The molecule has 0 radical (unpaired) electrons. The summed E-state index contributed by atoms with van der Waals surface area (Å²) in [6.45, 7) is 5.24. The first-order valence-corrected chi connectivity index (χ1v) is 8.69. The topological polar surface area (TPSA) is 46.8 Å². The van der Waals surface area contributed by atoms with Crippen molar-refractivity contribution in [2.45, 2.75) is 32.2 Å². The van der Waals surface area contributed by atoms with Gasteiger partial charge < -0.3 is 9.47 Å². The van der Waals surface area contributed by atoms with E-state index in [2.05, 4.69) is 49.0 Å². The van der Waals surface area contributed by atoms with Gasteiger partial charge >= 0.3 is 0 Å². The molecule has 0 aromatic carbocycles. The summed E-state index contributed by atoms with van der Waals surface area (Å²) in [5.41, 5.74) is 1.05. The molecule has 4 heterocycles. The third-order valence-corrected chi connectivity index (χ3v) is 5.37. The van der Waals surface area contributed by atoms with Crippen LogP contribution < -0.4 is 4.90 Å². The first-order valence-electron chi connectivity index (χ1n) is 7.81. The molecular weight excluding hydrogens is 294 g/mol. The number of hydrogen-bond acceptors (Lipinski definition) is 5. The molecule has 0 saturated carbocycles. The third-order valence-electron chi connectivity index (χ3n) is 4.47. The van der Waals surface area contributed by atoms with Gasteiger partial charge in [-0.2, -0.15) is 0 Å². The van der Waals surface area contributed by atoms with Crippen molar-refractivity contribution in [3.05, 3.63) is 36.0 Å². The Morgan fingerprint density at radius 1 is 1.23 bits per heavy atom. The third kappa shape index (κ3) is 2.27. The van der Waals surface area contributed by atoms with Crippen LogP contribution >= 0.6 is 11.3 Å². The Morgan fingerprint density at radius 2 is 2.09 bits per heavy atom. The molecule has 0 N–H and O–H groups in total. The molecule has 0 atom stereocenters. The number of aryl methyl sites for hydroxylation is 1. The van der Waals surface area contributed by atoms with Crippen LogP contribution in [0.5, 0.6) is 0 Å². The lowest BCUT2D eigenvalue weighted by Crippen LogP contribution is -2.34. The Balaban J connectivity index is 1.53. The summed E-state index contributed by atoms with van der Waals surface area (Å²) in [6.07, 6.45) is 7.95. The fourth-order valence-corrected chi connectivity index (χ4v) is 4.16. The van der Waals surface area contributed by atoms with Gasteiger partial charge in [0, 0.05) is 37.9 Å². The quantitative estimate of drug-likeness (QED) is 0.744. The predicted molar refractivity (Wildman–Crippen MR) is 89.5 cm³/mol. The summed E-state index contributed by atoms with van der Waals surface area (Å²) < 4.78 is 3.47. The molecular formula is C16H19N5S.